The molecule has 0 aliphatic carbocycles. The summed E-state index contributed by atoms with van der Waals surface area (Å²) in [5, 5.41) is 10.1. The lowest BCUT2D eigenvalue weighted by Crippen LogP contribution is -2.37. The van der Waals surface area contributed by atoms with Crippen molar-refractivity contribution < 1.29 is 9.90 Å². The number of carboxylic acid groups (broad SMARTS) is 1. The molecule has 4 heteroatoms. The quantitative estimate of drug-likeness (QED) is 0.914. The Morgan fingerprint density at radius 3 is 2.56 bits per heavy atom. The summed E-state index contributed by atoms with van der Waals surface area (Å²) in [5.41, 5.74) is 1.75. The van der Waals surface area contributed by atoms with Gasteiger partial charge in [-0.2, -0.15) is 0 Å². The van der Waals surface area contributed by atoms with Crippen LogP contribution < -0.4 is 0 Å². The van der Waals surface area contributed by atoms with Crippen molar-refractivity contribution in [3.63, 3.8) is 0 Å². The van der Waals surface area contributed by atoms with E-state index >= 15 is 0 Å². The molecule has 1 fully saturated rings. The van der Waals surface area contributed by atoms with Gasteiger partial charge in [-0.15, -0.1) is 0 Å². The summed E-state index contributed by atoms with van der Waals surface area (Å²) >= 11 is 6.09. The summed E-state index contributed by atoms with van der Waals surface area (Å²) in [6, 6.07) is 4.97. The largest absolute Gasteiger partial charge is 0.480 e. The highest BCUT2D eigenvalue weighted by Crippen LogP contribution is 2.28. The van der Waals surface area contributed by atoms with Crippen LogP contribution in [-0.2, 0) is 4.79 Å². The molecule has 1 saturated heterocycles. The Kier molecular flexibility index (Phi) is 4.25. The number of nitrogens with zero attached hydrogens (tertiary/aromatic N) is 1. The second-order valence-corrected chi connectivity index (χ2v) is 5.25. The SMILES string of the molecule is Cc1ccc(C(C(=O)O)N2CCCCC2)cc1Cl. The van der Waals surface area contributed by atoms with Crippen molar-refractivity contribution in [2.24, 2.45) is 0 Å². The maximum Gasteiger partial charge on any atom is 0.325 e. The smallest absolute Gasteiger partial charge is 0.325 e. The predicted octanol–water partition coefficient (Wildman–Crippen LogP) is 3.26. The number of hydrogen-bond acceptors (Lipinski definition) is 2. The first-order valence-electron chi connectivity index (χ1n) is 6.32. The molecule has 0 spiro atoms. The fraction of sp³-hybridized carbons (Fsp3) is 0.500. The Morgan fingerprint density at radius 1 is 1.33 bits per heavy atom. The molecule has 0 aromatic heterocycles. The molecule has 1 atom stereocenters. The number of piperidine rings is 1. The van der Waals surface area contributed by atoms with E-state index in [-0.39, 0.29) is 0 Å². The molecule has 98 valence electrons. The van der Waals surface area contributed by atoms with Crippen LogP contribution in [0.3, 0.4) is 0 Å². The van der Waals surface area contributed by atoms with Gasteiger partial charge in [0.1, 0.15) is 6.04 Å². The molecule has 2 rings (SSSR count). The van der Waals surface area contributed by atoms with Crippen molar-refractivity contribution in [1.82, 2.24) is 4.90 Å². The number of halogens is 1. The second kappa shape index (κ2) is 5.72. The number of aliphatic carboxylic acids is 1. The third-order valence-electron chi connectivity index (χ3n) is 3.50. The Labute approximate surface area is 112 Å². The van der Waals surface area contributed by atoms with Crippen LogP contribution in [0.15, 0.2) is 18.2 Å². The molecule has 1 aromatic carbocycles. The zero-order valence-electron chi connectivity index (χ0n) is 10.5. The number of benzene rings is 1. The lowest BCUT2D eigenvalue weighted by molar-refractivity contribution is -0.144. The molecule has 1 aliphatic heterocycles. The molecule has 1 heterocycles. The molecular weight excluding hydrogens is 250 g/mol. The molecule has 1 N–H and O–H groups in total. The molecule has 1 aliphatic rings. The van der Waals surface area contributed by atoms with Crippen molar-refractivity contribution >= 4 is 17.6 Å². The third kappa shape index (κ3) is 2.85. The van der Waals surface area contributed by atoms with Gasteiger partial charge in [-0.3, -0.25) is 9.69 Å². The topological polar surface area (TPSA) is 40.5 Å². The van der Waals surface area contributed by atoms with E-state index in [0.29, 0.717) is 5.02 Å². The Balaban J connectivity index is 2.28. The van der Waals surface area contributed by atoms with Gasteiger partial charge in [0.2, 0.25) is 0 Å². The van der Waals surface area contributed by atoms with Gasteiger partial charge < -0.3 is 5.11 Å². The van der Waals surface area contributed by atoms with Crippen LogP contribution in [0.4, 0.5) is 0 Å². The zero-order chi connectivity index (χ0) is 13.1. The van der Waals surface area contributed by atoms with Crippen LogP contribution in [0.25, 0.3) is 0 Å². The summed E-state index contributed by atoms with van der Waals surface area (Å²) < 4.78 is 0. The predicted molar refractivity (Wildman–Crippen MR) is 72.0 cm³/mol. The fourth-order valence-corrected chi connectivity index (χ4v) is 2.65. The van der Waals surface area contributed by atoms with Gasteiger partial charge >= 0.3 is 5.97 Å². The number of aryl methyl sites for hydroxylation is 1. The van der Waals surface area contributed by atoms with Crippen LogP contribution in [0.5, 0.6) is 0 Å². The maximum atomic E-state index is 11.5. The second-order valence-electron chi connectivity index (χ2n) is 4.85. The highest BCUT2D eigenvalue weighted by atomic mass is 35.5. The normalized spacial score (nSPS) is 18.6. The summed E-state index contributed by atoms with van der Waals surface area (Å²) in [7, 11) is 0. The molecule has 3 nitrogen and oxygen atoms in total. The summed E-state index contributed by atoms with van der Waals surface area (Å²) in [6.45, 7) is 3.62. The van der Waals surface area contributed by atoms with Crippen LogP contribution in [0.2, 0.25) is 5.02 Å². The maximum absolute atomic E-state index is 11.5. The van der Waals surface area contributed by atoms with E-state index in [9.17, 15) is 9.90 Å². The average molecular weight is 268 g/mol. The van der Waals surface area contributed by atoms with E-state index < -0.39 is 12.0 Å². The fourth-order valence-electron chi connectivity index (χ4n) is 2.47. The van der Waals surface area contributed by atoms with Crippen molar-refractivity contribution in [1.29, 1.82) is 0 Å². The van der Waals surface area contributed by atoms with E-state index in [1.54, 1.807) is 6.07 Å². The molecule has 0 amide bonds. The first kappa shape index (κ1) is 13.4. The highest BCUT2D eigenvalue weighted by Gasteiger charge is 2.28. The molecule has 1 aromatic rings. The minimum absolute atomic E-state index is 0.566. The van der Waals surface area contributed by atoms with Crippen LogP contribution >= 0.6 is 11.6 Å². The van der Waals surface area contributed by atoms with E-state index in [0.717, 1.165) is 37.1 Å². The minimum atomic E-state index is -0.795. The molecule has 0 radical (unpaired) electrons. The van der Waals surface area contributed by atoms with Crippen LogP contribution in [-0.4, -0.2) is 29.1 Å². The van der Waals surface area contributed by atoms with Crippen molar-refractivity contribution in [2.45, 2.75) is 32.2 Å². The van der Waals surface area contributed by atoms with Gasteiger partial charge in [0.15, 0.2) is 0 Å². The Morgan fingerprint density at radius 2 is 2.00 bits per heavy atom. The van der Waals surface area contributed by atoms with E-state index in [2.05, 4.69) is 0 Å². The highest BCUT2D eigenvalue weighted by molar-refractivity contribution is 6.31. The van der Waals surface area contributed by atoms with Gasteiger partial charge in [-0.05, 0) is 50.0 Å². The monoisotopic (exact) mass is 267 g/mol. The summed E-state index contributed by atoms with van der Waals surface area (Å²) in [6.07, 6.45) is 3.34. The summed E-state index contributed by atoms with van der Waals surface area (Å²) in [5.74, 6) is -0.795. The third-order valence-corrected chi connectivity index (χ3v) is 3.91. The summed E-state index contributed by atoms with van der Waals surface area (Å²) in [4.78, 5) is 13.5. The molecule has 1 unspecified atom stereocenters. The molecule has 18 heavy (non-hydrogen) atoms. The van der Waals surface area contributed by atoms with Gasteiger partial charge in [-0.1, -0.05) is 30.2 Å². The van der Waals surface area contributed by atoms with Gasteiger partial charge in [0, 0.05) is 5.02 Å². The Hall–Kier alpha value is -1.06. The van der Waals surface area contributed by atoms with E-state index in [1.807, 2.05) is 24.0 Å². The van der Waals surface area contributed by atoms with Crippen molar-refractivity contribution in [3.05, 3.63) is 34.3 Å². The Bertz CT molecular complexity index is 441. The van der Waals surface area contributed by atoms with Crippen LogP contribution in [0, 0.1) is 6.92 Å². The number of likely N-dealkylation sites (tertiary alicyclic amines) is 1. The molecule has 0 saturated carbocycles. The molecule has 0 bridgehead atoms. The van der Waals surface area contributed by atoms with E-state index in [1.165, 1.54) is 6.42 Å². The van der Waals surface area contributed by atoms with Gasteiger partial charge in [-0.25, -0.2) is 0 Å². The van der Waals surface area contributed by atoms with Gasteiger partial charge in [0.25, 0.3) is 0 Å². The van der Waals surface area contributed by atoms with Crippen molar-refractivity contribution in [3.8, 4) is 0 Å². The standard InChI is InChI=1S/C14H18ClNO2/c1-10-5-6-11(9-12(10)15)13(14(17)18)16-7-3-2-4-8-16/h5-6,9,13H,2-4,7-8H2,1H3,(H,17,18). The minimum Gasteiger partial charge on any atom is -0.480 e. The zero-order valence-corrected chi connectivity index (χ0v) is 11.3. The van der Waals surface area contributed by atoms with Crippen molar-refractivity contribution in [2.75, 3.05) is 13.1 Å². The molecular formula is C14H18ClNO2. The number of rotatable bonds is 3. The van der Waals surface area contributed by atoms with E-state index in [4.69, 9.17) is 11.6 Å². The first-order chi connectivity index (χ1) is 8.59. The number of hydrogen-bond donors (Lipinski definition) is 1. The average Bonchev–Trinajstić information content (AvgIpc) is 2.35. The lowest BCUT2D eigenvalue weighted by atomic mass is 10.0. The first-order valence-corrected chi connectivity index (χ1v) is 6.70. The van der Waals surface area contributed by atoms with Gasteiger partial charge in [0.05, 0.1) is 0 Å². The number of carboxylic acids is 1. The number of carbonyl (C=O) groups is 1. The van der Waals surface area contributed by atoms with Crippen LogP contribution in [0.1, 0.15) is 36.4 Å². The lowest BCUT2D eigenvalue weighted by Gasteiger charge is -2.32.